The first-order valence-corrected chi connectivity index (χ1v) is 12.4. The van der Waals surface area contributed by atoms with E-state index >= 15 is 0 Å². The smallest absolute Gasteiger partial charge is 0.259 e. The lowest BCUT2D eigenvalue weighted by atomic mass is 10.1. The molecule has 1 heterocycles. The van der Waals surface area contributed by atoms with E-state index in [1.54, 1.807) is 30.5 Å². The quantitative estimate of drug-likeness (QED) is 0.290. The number of amides is 2. The first-order chi connectivity index (χ1) is 15.1. The molecule has 1 saturated carbocycles. The zero-order valence-electron chi connectivity index (χ0n) is 15.6. The zero-order valence-corrected chi connectivity index (χ0v) is 21.8. The van der Waals surface area contributed by atoms with Crippen LogP contribution >= 0.6 is 85.3 Å². The Morgan fingerprint density at radius 3 is 2.34 bits per heavy atom. The highest BCUT2D eigenvalue weighted by Gasteiger charge is 2.67. The van der Waals surface area contributed by atoms with E-state index < -0.39 is 28.0 Å². The van der Waals surface area contributed by atoms with Gasteiger partial charge in [-0.15, -0.1) is 23.2 Å². The maximum Gasteiger partial charge on any atom is 0.259 e. The van der Waals surface area contributed by atoms with Gasteiger partial charge >= 0.3 is 0 Å². The first kappa shape index (κ1) is 24.1. The molecule has 4 rings (SSSR count). The second-order valence-electron chi connectivity index (χ2n) is 6.94. The van der Waals surface area contributed by atoms with Gasteiger partial charge in [0.1, 0.15) is 4.33 Å². The summed E-state index contributed by atoms with van der Waals surface area (Å²) in [5.74, 6) is -2.09. The van der Waals surface area contributed by atoms with Gasteiger partial charge in [0.05, 0.1) is 26.5 Å². The van der Waals surface area contributed by atoms with Gasteiger partial charge in [0.2, 0.25) is 5.91 Å². The van der Waals surface area contributed by atoms with E-state index in [0.717, 1.165) is 3.79 Å². The molecule has 1 aromatic heterocycles. The van der Waals surface area contributed by atoms with Gasteiger partial charge in [0.15, 0.2) is 5.13 Å². The fourth-order valence-corrected chi connectivity index (χ4v) is 5.97. The van der Waals surface area contributed by atoms with E-state index in [1.165, 1.54) is 23.5 Å². The van der Waals surface area contributed by atoms with E-state index in [9.17, 15) is 9.59 Å². The van der Waals surface area contributed by atoms with Gasteiger partial charge in [-0.1, -0.05) is 46.1 Å². The van der Waals surface area contributed by atoms with Crippen LogP contribution in [-0.4, -0.2) is 21.1 Å². The molecule has 1 aliphatic carbocycles. The number of alkyl halides is 2. The number of rotatable bonds is 5. The molecule has 2 N–H and O–H groups in total. The summed E-state index contributed by atoms with van der Waals surface area (Å²) in [6.07, 6.45) is 1.57. The third-order valence-corrected chi connectivity index (χ3v) is 7.85. The number of carbonyl (C=O) groups excluding carboxylic acids is 2. The van der Waals surface area contributed by atoms with Crippen LogP contribution in [-0.2, 0) is 4.79 Å². The summed E-state index contributed by atoms with van der Waals surface area (Å²) in [5.41, 5.74) is 1.20. The maximum atomic E-state index is 12.9. The molecular weight excluding hydrogens is 603 g/mol. The lowest BCUT2D eigenvalue weighted by molar-refractivity contribution is -0.117. The van der Waals surface area contributed by atoms with Gasteiger partial charge in [0.25, 0.3) is 5.91 Å². The molecule has 0 aliphatic heterocycles. The number of nitrogens with one attached hydrogen (secondary N) is 2. The molecule has 1 aliphatic rings. The highest BCUT2D eigenvalue weighted by atomic mass is 79.9. The van der Waals surface area contributed by atoms with Crippen LogP contribution in [0.5, 0.6) is 0 Å². The molecule has 166 valence electrons. The lowest BCUT2D eigenvalue weighted by Gasteiger charge is -2.09. The molecule has 0 spiro atoms. The van der Waals surface area contributed by atoms with Crippen molar-refractivity contribution in [3.05, 3.63) is 72.6 Å². The van der Waals surface area contributed by atoms with Crippen LogP contribution in [0.15, 0.2) is 46.4 Å². The van der Waals surface area contributed by atoms with Crippen molar-refractivity contribution in [1.29, 1.82) is 0 Å². The molecule has 0 radical (unpaired) electrons. The summed E-state index contributed by atoms with van der Waals surface area (Å²) in [6.45, 7) is 0. The minimum atomic E-state index is -1.32. The molecule has 32 heavy (non-hydrogen) atoms. The molecule has 5 nitrogen and oxygen atoms in total. The van der Waals surface area contributed by atoms with Gasteiger partial charge in [-0.2, -0.15) is 0 Å². The molecule has 2 atom stereocenters. The molecule has 3 aromatic rings. The highest BCUT2D eigenvalue weighted by molar-refractivity contribution is 9.11. The Balaban J connectivity index is 1.51. The van der Waals surface area contributed by atoms with Crippen molar-refractivity contribution in [3.63, 3.8) is 0 Å². The van der Waals surface area contributed by atoms with E-state index in [4.69, 9.17) is 58.0 Å². The number of nitrogens with zero attached hydrogens (tertiary/aromatic N) is 1. The molecule has 2 aromatic carbocycles. The fraction of sp³-hybridized carbons (Fsp3) is 0.150. The predicted octanol–water partition coefficient (Wildman–Crippen LogP) is 7.64. The number of benzene rings is 2. The van der Waals surface area contributed by atoms with Crippen molar-refractivity contribution in [2.45, 2.75) is 10.3 Å². The number of aromatic nitrogens is 1. The average Bonchev–Trinajstić information content (AvgIpc) is 3.05. The van der Waals surface area contributed by atoms with Crippen molar-refractivity contribution in [3.8, 4) is 0 Å². The Morgan fingerprint density at radius 1 is 1.03 bits per heavy atom. The van der Waals surface area contributed by atoms with E-state index in [2.05, 4.69) is 31.5 Å². The van der Waals surface area contributed by atoms with Crippen molar-refractivity contribution in [2.24, 2.45) is 5.92 Å². The Morgan fingerprint density at radius 2 is 1.72 bits per heavy atom. The highest BCUT2D eigenvalue weighted by Crippen LogP contribution is 2.65. The fourth-order valence-electron chi connectivity index (χ4n) is 3.30. The van der Waals surface area contributed by atoms with Gasteiger partial charge in [-0.05, 0) is 57.9 Å². The molecule has 1 fully saturated rings. The molecule has 2 amide bonds. The van der Waals surface area contributed by atoms with Gasteiger partial charge in [-0.3, -0.25) is 14.9 Å². The van der Waals surface area contributed by atoms with Crippen LogP contribution < -0.4 is 10.6 Å². The van der Waals surface area contributed by atoms with Crippen molar-refractivity contribution >= 4 is 108 Å². The van der Waals surface area contributed by atoms with E-state index in [1.807, 2.05) is 0 Å². The predicted molar refractivity (Wildman–Crippen MR) is 135 cm³/mol. The standard InChI is InChI=1S/C20H11BrCl5N3O2S/c21-14-7-27-19(32-14)29-17(30)12-6-11(1-2-13(12)24)28-18(31)16-15(20(16,25)26)8-3-9(22)5-10(23)4-8/h1-7,15-16H,(H,28,31)(H,27,29,30). The second-order valence-corrected chi connectivity index (χ2v) is 12.1. The van der Waals surface area contributed by atoms with Crippen molar-refractivity contribution in [1.82, 2.24) is 4.98 Å². The number of hydrogen-bond donors (Lipinski definition) is 2. The Kier molecular flexibility index (Phi) is 6.99. The average molecular weight is 615 g/mol. The number of hydrogen-bond acceptors (Lipinski definition) is 4. The van der Waals surface area contributed by atoms with Crippen LogP contribution in [0.3, 0.4) is 0 Å². The topological polar surface area (TPSA) is 71.1 Å². The van der Waals surface area contributed by atoms with Gasteiger partial charge in [0, 0.05) is 21.7 Å². The third-order valence-electron chi connectivity index (χ3n) is 4.76. The Bertz CT molecular complexity index is 1220. The van der Waals surface area contributed by atoms with Crippen LogP contribution in [0.4, 0.5) is 10.8 Å². The van der Waals surface area contributed by atoms with Crippen LogP contribution in [0.2, 0.25) is 15.1 Å². The Hall–Kier alpha value is -1.06. The van der Waals surface area contributed by atoms with Crippen molar-refractivity contribution < 1.29 is 9.59 Å². The summed E-state index contributed by atoms with van der Waals surface area (Å²) in [6, 6.07) is 9.49. The number of halogens is 6. The van der Waals surface area contributed by atoms with Gasteiger partial charge in [-0.25, -0.2) is 4.98 Å². The van der Waals surface area contributed by atoms with Crippen molar-refractivity contribution in [2.75, 3.05) is 10.6 Å². The maximum absolute atomic E-state index is 12.9. The summed E-state index contributed by atoms with van der Waals surface area (Å²) in [4.78, 5) is 29.6. The van der Waals surface area contributed by atoms with E-state index in [0.29, 0.717) is 26.4 Å². The third kappa shape index (κ3) is 5.04. The van der Waals surface area contributed by atoms with Crippen LogP contribution in [0.1, 0.15) is 21.8 Å². The normalized spacial score (nSPS) is 18.8. The minimum absolute atomic E-state index is 0.174. The summed E-state index contributed by atoms with van der Waals surface area (Å²) >= 11 is 35.6. The molecular formula is C20H11BrCl5N3O2S. The second kappa shape index (κ2) is 9.29. The van der Waals surface area contributed by atoms with E-state index in [-0.39, 0.29) is 10.6 Å². The number of anilines is 2. The SMILES string of the molecule is O=C(Nc1ncc(Br)s1)c1cc(NC(=O)C2C(c3cc(Cl)cc(Cl)c3)C2(Cl)Cl)ccc1Cl. The molecule has 0 bridgehead atoms. The number of carbonyl (C=O) groups is 2. The summed E-state index contributed by atoms with van der Waals surface area (Å²) in [5, 5.41) is 6.87. The molecule has 2 unspecified atom stereocenters. The summed E-state index contributed by atoms with van der Waals surface area (Å²) in [7, 11) is 0. The first-order valence-electron chi connectivity index (χ1n) is 8.93. The minimum Gasteiger partial charge on any atom is -0.326 e. The monoisotopic (exact) mass is 611 g/mol. The summed E-state index contributed by atoms with van der Waals surface area (Å²) < 4.78 is -0.548. The number of thiazole rings is 1. The molecule has 0 saturated heterocycles. The lowest BCUT2D eigenvalue weighted by Crippen LogP contribution is -2.18. The largest absolute Gasteiger partial charge is 0.326 e. The van der Waals surface area contributed by atoms with Crippen LogP contribution in [0.25, 0.3) is 0 Å². The Labute approximate surface area is 220 Å². The zero-order chi connectivity index (χ0) is 23.2. The van der Waals surface area contributed by atoms with Crippen LogP contribution in [0, 0.1) is 5.92 Å². The van der Waals surface area contributed by atoms with Gasteiger partial charge < -0.3 is 5.32 Å². The molecule has 12 heteroatoms.